The van der Waals surface area contributed by atoms with E-state index in [-0.39, 0.29) is 5.91 Å². The van der Waals surface area contributed by atoms with Crippen LogP contribution in [0.1, 0.15) is 5.56 Å². The molecule has 0 atom stereocenters. The summed E-state index contributed by atoms with van der Waals surface area (Å²) < 4.78 is 5.13. The lowest BCUT2D eigenvalue weighted by Crippen LogP contribution is -2.47. The van der Waals surface area contributed by atoms with E-state index in [2.05, 4.69) is 30.1 Å². The smallest absolute Gasteiger partial charge is 0.248 e. The molecule has 0 aliphatic carbocycles. The molecule has 1 fully saturated rings. The first-order chi connectivity index (χ1) is 15.2. The van der Waals surface area contributed by atoms with E-state index >= 15 is 0 Å². The van der Waals surface area contributed by atoms with E-state index < -0.39 is 0 Å². The van der Waals surface area contributed by atoms with Gasteiger partial charge < -0.3 is 19.9 Å². The van der Waals surface area contributed by atoms with E-state index in [1.54, 1.807) is 25.6 Å². The molecule has 3 aromatic rings. The van der Waals surface area contributed by atoms with Crippen LogP contribution in [0.3, 0.4) is 0 Å². The standard InChI is InChI=1S/C23H24N6O2/c1-31-20-8-5-18(6-9-20)7-10-22(30)27-19-16-25-23(26-17-19)29-14-12-28(13-15-29)21-4-2-3-11-24-21/h2-11,16-17H,12-15H2,1H3,(H,27,30)/b10-7+. The number of hydrogen-bond donors (Lipinski definition) is 1. The molecule has 1 saturated heterocycles. The van der Waals surface area contributed by atoms with Crippen LogP contribution in [-0.2, 0) is 4.79 Å². The molecule has 8 heteroatoms. The Balaban J connectivity index is 1.29. The Labute approximate surface area is 181 Å². The van der Waals surface area contributed by atoms with Crippen LogP contribution < -0.4 is 19.9 Å². The first kappa shape index (κ1) is 20.3. The molecule has 1 N–H and O–H groups in total. The number of ether oxygens (including phenoxy) is 1. The minimum absolute atomic E-state index is 0.240. The van der Waals surface area contributed by atoms with Gasteiger partial charge in [0.2, 0.25) is 11.9 Å². The van der Waals surface area contributed by atoms with Crippen LogP contribution in [0.2, 0.25) is 0 Å². The van der Waals surface area contributed by atoms with Crippen LogP contribution in [0.4, 0.5) is 17.5 Å². The van der Waals surface area contributed by atoms with Gasteiger partial charge in [-0.25, -0.2) is 15.0 Å². The highest BCUT2D eigenvalue weighted by molar-refractivity contribution is 6.01. The fourth-order valence-corrected chi connectivity index (χ4v) is 3.30. The van der Waals surface area contributed by atoms with Gasteiger partial charge in [-0.3, -0.25) is 4.79 Å². The molecule has 0 bridgehead atoms. The molecule has 3 heterocycles. The number of amides is 1. The van der Waals surface area contributed by atoms with Crippen LogP contribution in [0.15, 0.2) is 67.1 Å². The van der Waals surface area contributed by atoms with Crippen molar-refractivity contribution >= 4 is 29.4 Å². The second-order valence-corrected chi connectivity index (χ2v) is 7.03. The maximum atomic E-state index is 12.2. The number of piperazine rings is 1. The zero-order chi connectivity index (χ0) is 21.5. The van der Waals surface area contributed by atoms with Crippen molar-refractivity contribution in [3.63, 3.8) is 0 Å². The van der Waals surface area contributed by atoms with Crippen molar-refractivity contribution in [1.29, 1.82) is 0 Å². The molecule has 0 radical (unpaired) electrons. The molecule has 1 amide bonds. The number of carbonyl (C=O) groups is 1. The van der Waals surface area contributed by atoms with Gasteiger partial charge >= 0.3 is 0 Å². The predicted molar refractivity (Wildman–Crippen MR) is 121 cm³/mol. The van der Waals surface area contributed by atoms with Crippen molar-refractivity contribution in [2.45, 2.75) is 0 Å². The lowest BCUT2D eigenvalue weighted by atomic mass is 10.2. The number of benzene rings is 1. The third-order valence-electron chi connectivity index (χ3n) is 4.98. The Morgan fingerprint density at radius 3 is 2.32 bits per heavy atom. The molecule has 8 nitrogen and oxygen atoms in total. The molecule has 1 aliphatic rings. The molecule has 1 aliphatic heterocycles. The van der Waals surface area contributed by atoms with E-state index in [1.165, 1.54) is 6.08 Å². The summed E-state index contributed by atoms with van der Waals surface area (Å²) in [5.41, 5.74) is 1.47. The Kier molecular flexibility index (Phi) is 6.37. The Morgan fingerprint density at radius 1 is 0.968 bits per heavy atom. The van der Waals surface area contributed by atoms with Gasteiger partial charge in [-0.15, -0.1) is 0 Å². The SMILES string of the molecule is COc1ccc(/C=C/C(=O)Nc2cnc(N3CCN(c4ccccn4)CC3)nc2)cc1. The normalized spacial score (nSPS) is 14.0. The van der Waals surface area contributed by atoms with Crippen molar-refractivity contribution in [3.8, 4) is 5.75 Å². The number of nitrogens with zero attached hydrogens (tertiary/aromatic N) is 5. The first-order valence-electron chi connectivity index (χ1n) is 10.1. The summed E-state index contributed by atoms with van der Waals surface area (Å²) in [4.78, 5) is 29.8. The predicted octanol–water partition coefficient (Wildman–Crippen LogP) is 2.86. The molecule has 158 valence electrons. The van der Waals surface area contributed by atoms with Crippen LogP contribution >= 0.6 is 0 Å². The monoisotopic (exact) mass is 416 g/mol. The van der Waals surface area contributed by atoms with Crippen molar-refractivity contribution in [2.24, 2.45) is 0 Å². The van der Waals surface area contributed by atoms with Crippen molar-refractivity contribution in [3.05, 3.63) is 72.7 Å². The average molecular weight is 416 g/mol. The second kappa shape index (κ2) is 9.71. The lowest BCUT2D eigenvalue weighted by molar-refractivity contribution is -0.111. The maximum absolute atomic E-state index is 12.2. The molecule has 0 spiro atoms. The number of hydrogen-bond acceptors (Lipinski definition) is 7. The molecular formula is C23H24N6O2. The number of pyridine rings is 1. The van der Waals surface area contributed by atoms with E-state index in [0.29, 0.717) is 11.6 Å². The highest BCUT2D eigenvalue weighted by Crippen LogP contribution is 2.17. The van der Waals surface area contributed by atoms with Crippen LogP contribution in [0.25, 0.3) is 6.08 Å². The minimum atomic E-state index is -0.240. The minimum Gasteiger partial charge on any atom is -0.497 e. The van der Waals surface area contributed by atoms with E-state index in [0.717, 1.165) is 43.3 Å². The summed E-state index contributed by atoms with van der Waals surface area (Å²) in [6, 6.07) is 13.4. The van der Waals surface area contributed by atoms with Gasteiger partial charge in [0, 0.05) is 38.5 Å². The number of nitrogens with one attached hydrogen (secondary N) is 1. The molecule has 4 rings (SSSR count). The van der Waals surface area contributed by atoms with Gasteiger partial charge in [-0.1, -0.05) is 18.2 Å². The van der Waals surface area contributed by atoms with Gasteiger partial charge in [0.15, 0.2) is 0 Å². The molecule has 31 heavy (non-hydrogen) atoms. The third kappa shape index (κ3) is 5.36. The summed E-state index contributed by atoms with van der Waals surface area (Å²) in [6.45, 7) is 3.34. The van der Waals surface area contributed by atoms with Gasteiger partial charge in [0.05, 0.1) is 25.2 Å². The first-order valence-corrected chi connectivity index (χ1v) is 10.1. The molecule has 0 saturated carbocycles. The van der Waals surface area contributed by atoms with Crippen LogP contribution in [-0.4, -0.2) is 54.1 Å². The highest BCUT2D eigenvalue weighted by atomic mass is 16.5. The fraction of sp³-hybridized carbons (Fsp3) is 0.217. The molecule has 0 unspecified atom stereocenters. The van der Waals surface area contributed by atoms with E-state index in [9.17, 15) is 4.79 Å². The number of methoxy groups -OCH3 is 1. The van der Waals surface area contributed by atoms with Crippen LogP contribution in [0.5, 0.6) is 5.75 Å². The fourth-order valence-electron chi connectivity index (χ4n) is 3.30. The molecular weight excluding hydrogens is 392 g/mol. The van der Waals surface area contributed by atoms with Crippen molar-refractivity contribution in [1.82, 2.24) is 15.0 Å². The van der Waals surface area contributed by atoms with Gasteiger partial charge in [0.25, 0.3) is 0 Å². The van der Waals surface area contributed by atoms with E-state index in [4.69, 9.17) is 4.74 Å². The lowest BCUT2D eigenvalue weighted by Gasteiger charge is -2.35. The number of aromatic nitrogens is 3. The largest absolute Gasteiger partial charge is 0.497 e. The third-order valence-corrected chi connectivity index (χ3v) is 4.98. The zero-order valence-electron chi connectivity index (χ0n) is 17.3. The molecule has 1 aromatic carbocycles. The van der Waals surface area contributed by atoms with Crippen LogP contribution in [0, 0.1) is 0 Å². The Bertz CT molecular complexity index is 1010. The number of rotatable bonds is 6. The summed E-state index contributed by atoms with van der Waals surface area (Å²) in [6.07, 6.45) is 8.29. The van der Waals surface area contributed by atoms with Gasteiger partial charge in [0.1, 0.15) is 11.6 Å². The Hall–Kier alpha value is -3.94. The van der Waals surface area contributed by atoms with Crippen molar-refractivity contribution in [2.75, 3.05) is 48.4 Å². The summed E-state index contributed by atoms with van der Waals surface area (Å²) >= 11 is 0. The Morgan fingerprint density at radius 2 is 1.68 bits per heavy atom. The number of anilines is 3. The second-order valence-electron chi connectivity index (χ2n) is 7.03. The van der Waals surface area contributed by atoms with Crippen molar-refractivity contribution < 1.29 is 9.53 Å². The topological polar surface area (TPSA) is 83.5 Å². The average Bonchev–Trinajstić information content (AvgIpc) is 2.84. The zero-order valence-corrected chi connectivity index (χ0v) is 17.3. The maximum Gasteiger partial charge on any atom is 0.248 e. The van der Waals surface area contributed by atoms with Gasteiger partial charge in [-0.2, -0.15) is 0 Å². The van der Waals surface area contributed by atoms with Gasteiger partial charge in [-0.05, 0) is 35.9 Å². The summed E-state index contributed by atoms with van der Waals surface area (Å²) in [7, 11) is 1.62. The number of carbonyl (C=O) groups excluding carboxylic acids is 1. The summed E-state index contributed by atoms with van der Waals surface area (Å²) in [5.74, 6) is 2.18. The van der Waals surface area contributed by atoms with E-state index in [1.807, 2.05) is 48.7 Å². The quantitative estimate of drug-likeness (QED) is 0.619. The highest BCUT2D eigenvalue weighted by Gasteiger charge is 2.19. The molecule has 2 aromatic heterocycles. The summed E-state index contributed by atoms with van der Waals surface area (Å²) in [5, 5.41) is 2.78.